The van der Waals surface area contributed by atoms with Crippen LogP contribution in [0.2, 0.25) is 0 Å². The predicted octanol–water partition coefficient (Wildman–Crippen LogP) is 6.55. The lowest BCUT2D eigenvalue weighted by atomic mass is 10.0. The van der Waals surface area contributed by atoms with Crippen LogP contribution in [0.5, 0.6) is 23.0 Å². The molecule has 2 saturated carbocycles. The predicted molar refractivity (Wildman–Crippen MR) is 212 cm³/mol. The van der Waals surface area contributed by atoms with Gasteiger partial charge < -0.3 is 34.7 Å². The third-order valence-corrected chi connectivity index (χ3v) is 10.8. The second-order valence-electron chi connectivity index (χ2n) is 16.2. The summed E-state index contributed by atoms with van der Waals surface area (Å²) in [5.74, 6) is -2.23. The first-order valence-corrected chi connectivity index (χ1v) is 19.5. The summed E-state index contributed by atoms with van der Waals surface area (Å²) >= 11 is 0. The summed E-state index contributed by atoms with van der Waals surface area (Å²) in [6.45, 7) is 7.44. The monoisotopic (exact) mass is 815 g/mol. The van der Waals surface area contributed by atoms with E-state index in [4.69, 9.17) is 29.4 Å². The van der Waals surface area contributed by atoms with Crippen molar-refractivity contribution in [3.8, 4) is 23.0 Å². The van der Waals surface area contributed by atoms with Crippen LogP contribution in [0.15, 0.2) is 66.9 Å². The van der Waals surface area contributed by atoms with Crippen molar-refractivity contribution in [2.24, 2.45) is 16.6 Å². The Labute approximate surface area is 339 Å². The maximum Gasteiger partial charge on any atom is 0.408 e. The van der Waals surface area contributed by atoms with E-state index in [2.05, 4.69) is 15.2 Å². The van der Waals surface area contributed by atoms with Crippen molar-refractivity contribution in [1.82, 2.24) is 15.2 Å². The minimum atomic E-state index is -1.42. The van der Waals surface area contributed by atoms with Gasteiger partial charge in [0.15, 0.2) is 23.1 Å². The van der Waals surface area contributed by atoms with Gasteiger partial charge in [-0.05, 0) is 101 Å². The van der Waals surface area contributed by atoms with Gasteiger partial charge in [-0.2, -0.15) is 0 Å². The van der Waals surface area contributed by atoms with Gasteiger partial charge in [-0.3, -0.25) is 29.2 Å². The van der Waals surface area contributed by atoms with Gasteiger partial charge in [0, 0.05) is 54.5 Å². The molecule has 3 N–H and O–H groups in total. The number of esters is 1. The van der Waals surface area contributed by atoms with Crippen molar-refractivity contribution in [2.45, 2.75) is 64.6 Å². The van der Waals surface area contributed by atoms with Crippen LogP contribution in [0, 0.1) is 22.5 Å². The van der Waals surface area contributed by atoms with Crippen molar-refractivity contribution < 1.29 is 51.6 Å². The van der Waals surface area contributed by atoms with Crippen molar-refractivity contribution in [3.63, 3.8) is 0 Å². The van der Waals surface area contributed by atoms with E-state index < -0.39 is 46.5 Å². The Morgan fingerprint density at radius 3 is 2.31 bits per heavy atom. The lowest BCUT2D eigenvalue weighted by molar-refractivity contribution is -0.149. The highest BCUT2D eigenvalue weighted by Crippen LogP contribution is 2.54. The second kappa shape index (κ2) is 16.3. The fourth-order valence-corrected chi connectivity index (χ4v) is 7.34. The number of rotatable bonds is 15. The van der Waals surface area contributed by atoms with Crippen molar-refractivity contribution in [1.29, 1.82) is 0 Å². The van der Waals surface area contributed by atoms with Crippen LogP contribution < -0.4 is 30.2 Å². The number of nitrogens with zero attached hydrogens (tertiary/aromatic N) is 3. The highest BCUT2D eigenvalue weighted by Gasteiger charge is 2.58. The van der Waals surface area contributed by atoms with E-state index >= 15 is 4.39 Å². The fraction of sp³-hybridized carbons (Fsp3) is 0.419. The Kier molecular flexibility index (Phi) is 11.4. The summed E-state index contributed by atoms with van der Waals surface area (Å²) in [6, 6.07) is 14.0. The number of alkyl carbamates (subject to hydrolysis) is 1. The topological polar surface area (TPSA) is 172 Å². The molecular weight excluding hydrogens is 768 g/mol. The first-order chi connectivity index (χ1) is 28.1. The number of amides is 3. The number of methoxy groups -OCH3 is 1. The van der Waals surface area contributed by atoms with Crippen LogP contribution in [0.4, 0.5) is 25.0 Å². The van der Waals surface area contributed by atoms with E-state index in [1.807, 2.05) is 0 Å². The number of carbonyl (C=O) groups excluding carboxylic acids is 4. The highest BCUT2D eigenvalue weighted by atomic mass is 19.1. The molecule has 59 heavy (non-hydrogen) atoms. The molecule has 0 bridgehead atoms. The molecule has 3 fully saturated rings. The molecule has 1 saturated heterocycles. The summed E-state index contributed by atoms with van der Waals surface area (Å²) in [5, 5.41) is 2.98. The number of anilines is 2. The number of nitrogens with two attached hydrogens (primary N) is 1. The molecule has 1 aliphatic heterocycles. The molecule has 1 spiro atoms. The molecular formula is C43H47F2N5O9. The molecule has 0 radical (unpaired) electrons. The van der Waals surface area contributed by atoms with Gasteiger partial charge in [-0.25, -0.2) is 13.6 Å². The molecule has 14 nitrogen and oxygen atoms in total. The molecule has 3 amide bonds. The van der Waals surface area contributed by atoms with Crippen LogP contribution in [-0.2, 0) is 23.9 Å². The number of hydrogen-bond donors (Lipinski definition) is 2. The third-order valence-electron chi connectivity index (χ3n) is 10.8. The Balaban J connectivity index is 0.975. The van der Waals surface area contributed by atoms with Gasteiger partial charge in [0.05, 0.1) is 24.9 Å². The van der Waals surface area contributed by atoms with Crippen molar-refractivity contribution in [2.75, 3.05) is 44.8 Å². The van der Waals surface area contributed by atoms with E-state index in [9.17, 15) is 23.6 Å². The van der Waals surface area contributed by atoms with Gasteiger partial charge in [-0.15, -0.1) is 0 Å². The number of hydrogen-bond acceptors (Lipinski definition) is 11. The molecule has 1 aromatic heterocycles. The maximum absolute atomic E-state index is 15.8. The van der Waals surface area contributed by atoms with Gasteiger partial charge in [-0.1, -0.05) is 0 Å². The van der Waals surface area contributed by atoms with E-state index in [-0.39, 0.29) is 53.8 Å². The Bertz CT molecular complexity index is 2260. The number of likely N-dealkylation sites (tertiary alicyclic amines) is 1. The van der Waals surface area contributed by atoms with Crippen LogP contribution in [0.25, 0.3) is 10.9 Å². The summed E-state index contributed by atoms with van der Waals surface area (Å²) < 4.78 is 58.4. The Morgan fingerprint density at radius 2 is 1.66 bits per heavy atom. The molecule has 1 unspecified atom stereocenters. The summed E-state index contributed by atoms with van der Waals surface area (Å²) in [4.78, 5) is 58.3. The van der Waals surface area contributed by atoms with E-state index in [0.29, 0.717) is 48.5 Å². The largest absolute Gasteiger partial charge is 0.493 e. The minimum absolute atomic E-state index is 0.0601. The molecule has 1 atom stereocenters. The normalized spacial score (nSPS) is 17.6. The number of nitrogens with one attached hydrogen (secondary N) is 1. The molecule has 2 heterocycles. The van der Waals surface area contributed by atoms with Gasteiger partial charge in [0.25, 0.3) is 0 Å². The van der Waals surface area contributed by atoms with E-state index in [1.54, 1.807) is 39.0 Å². The standard InChI is InChI=1S/C43H47F2N5O9/c1-41(2,3)59-40(54)48-23-37(51)58-36-24-49(25-42(36)13-14-42)18-5-19-56-35-22-31-29(21-34(35)55-4)32(12-17-47-31)57-33-11-10-28(20-30(33)45)50(27-8-6-26(44)7-9-27)39(53)43(15-16-43)38(46)52/h6-12,17,20-22,36H,5,13-16,18-19,23-25H2,1-4H3,(H2,46,52)(H,48,54). The van der Waals surface area contributed by atoms with Gasteiger partial charge in [0.2, 0.25) is 11.8 Å². The zero-order chi connectivity index (χ0) is 42.1. The zero-order valence-electron chi connectivity index (χ0n) is 33.3. The molecule has 3 aromatic carbocycles. The fourth-order valence-electron chi connectivity index (χ4n) is 7.34. The number of aromatic nitrogens is 1. The van der Waals surface area contributed by atoms with Gasteiger partial charge in [0.1, 0.15) is 35.2 Å². The van der Waals surface area contributed by atoms with Crippen LogP contribution in [-0.4, -0.2) is 85.4 Å². The van der Waals surface area contributed by atoms with E-state index in [1.165, 1.54) is 49.7 Å². The Hall–Kier alpha value is -6.03. The molecule has 312 valence electrons. The molecule has 4 aromatic rings. The molecule has 16 heteroatoms. The van der Waals surface area contributed by atoms with E-state index in [0.717, 1.165) is 30.4 Å². The van der Waals surface area contributed by atoms with Gasteiger partial charge >= 0.3 is 12.1 Å². The highest BCUT2D eigenvalue weighted by molar-refractivity contribution is 6.16. The quantitative estimate of drug-likeness (QED) is 0.0758. The second-order valence-corrected chi connectivity index (χ2v) is 16.2. The third kappa shape index (κ3) is 9.17. The molecule has 7 rings (SSSR count). The smallest absolute Gasteiger partial charge is 0.408 e. The lowest BCUT2D eigenvalue weighted by Gasteiger charge is -2.26. The lowest BCUT2D eigenvalue weighted by Crippen LogP contribution is -2.41. The number of fused-ring (bicyclic) bond motifs is 1. The van der Waals surface area contributed by atoms with Crippen LogP contribution in [0.3, 0.4) is 0 Å². The van der Waals surface area contributed by atoms with Crippen molar-refractivity contribution in [3.05, 3.63) is 78.5 Å². The van der Waals surface area contributed by atoms with Crippen molar-refractivity contribution >= 4 is 46.2 Å². The zero-order valence-corrected chi connectivity index (χ0v) is 33.3. The van der Waals surface area contributed by atoms with Crippen LogP contribution in [0.1, 0.15) is 52.9 Å². The minimum Gasteiger partial charge on any atom is -0.493 e. The summed E-state index contributed by atoms with van der Waals surface area (Å²) in [6.07, 6.45) is 3.73. The number of carbonyl (C=O) groups is 4. The molecule has 3 aliphatic rings. The average molecular weight is 816 g/mol. The average Bonchev–Trinajstić information content (AvgIpc) is 4.12. The first kappa shape index (κ1) is 41.1. The Morgan fingerprint density at radius 1 is 0.932 bits per heavy atom. The SMILES string of the molecule is COc1cc2c(Oc3ccc(N(C(=O)C4(C(N)=O)CC4)c4ccc(F)cc4)cc3F)ccnc2cc1OCCCN1CC(OC(=O)CNC(=O)OC(C)(C)C)C2(CC2)C1. The number of benzene rings is 3. The summed E-state index contributed by atoms with van der Waals surface area (Å²) in [5.41, 5.74) is 4.28. The molecule has 2 aliphatic carbocycles. The first-order valence-electron chi connectivity index (χ1n) is 19.5. The summed E-state index contributed by atoms with van der Waals surface area (Å²) in [7, 11) is 1.51. The number of ether oxygens (including phenoxy) is 5. The number of primary amides is 1. The maximum atomic E-state index is 15.8. The number of halogens is 2. The number of pyridine rings is 1. The van der Waals surface area contributed by atoms with Crippen LogP contribution >= 0.6 is 0 Å².